The zero-order chi connectivity index (χ0) is 14.0. The Hall–Kier alpha value is -2.37. The minimum atomic E-state index is -0.618. The monoisotopic (exact) mass is 261 g/mol. The van der Waals surface area contributed by atoms with Crippen LogP contribution in [0.25, 0.3) is 10.9 Å². The molecule has 19 heavy (non-hydrogen) atoms. The van der Waals surface area contributed by atoms with Crippen LogP contribution in [0.1, 0.15) is 13.3 Å². The van der Waals surface area contributed by atoms with Crippen molar-refractivity contribution in [3.63, 3.8) is 0 Å². The number of benzene rings is 1. The zero-order valence-electron chi connectivity index (χ0n) is 10.8. The molecule has 6 heteroatoms. The molecule has 1 heterocycles. The van der Waals surface area contributed by atoms with Crippen LogP contribution in [0.3, 0.4) is 0 Å². The van der Waals surface area contributed by atoms with E-state index in [1.54, 1.807) is 31.3 Å². The Morgan fingerprint density at radius 1 is 1.37 bits per heavy atom. The Kier molecular flexibility index (Phi) is 3.50. The number of nitrogens with zero attached hydrogens (tertiary/aromatic N) is 2. The van der Waals surface area contributed by atoms with E-state index >= 15 is 0 Å². The largest absolute Gasteiger partial charge is 0.379 e. The van der Waals surface area contributed by atoms with Crippen LogP contribution in [0.5, 0.6) is 0 Å². The molecule has 0 bridgehead atoms. The van der Waals surface area contributed by atoms with Crippen molar-refractivity contribution in [3.05, 3.63) is 44.7 Å². The number of pyridine rings is 1. The zero-order valence-corrected chi connectivity index (χ0v) is 10.8. The van der Waals surface area contributed by atoms with Crippen LogP contribution in [-0.4, -0.2) is 16.0 Å². The number of hydrogen-bond donors (Lipinski definition) is 1. The predicted octanol–water partition coefficient (Wildman–Crippen LogP) is 2.27. The first-order valence-corrected chi connectivity index (χ1v) is 6.08. The predicted molar refractivity (Wildman–Crippen MR) is 74.6 cm³/mol. The minimum absolute atomic E-state index is 0.311. The Morgan fingerprint density at radius 3 is 2.68 bits per heavy atom. The maximum atomic E-state index is 12.1. The van der Waals surface area contributed by atoms with Crippen molar-refractivity contribution >= 4 is 22.3 Å². The van der Waals surface area contributed by atoms with E-state index in [1.807, 2.05) is 6.92 Å². The fraction of sp³-hybridized carbons (Fsp3) is 0.308. The molecule has 0 unspecified atom stereocenters. The van der Waals surface area contributed by atoms with Gasteiger partial charge in [-0.1, -0.05) is 25.1 Å². The van der Waals surface area contributed by atoms with E-state index in [1.165, 1.54) is 4.57 Å². The highest BCUT2D eigenvalue weighted by atomic mass is 16.6. The van der Waals surface area contributed by atoms with E-state index in [-0.39, 0.29) is 0 Å². The molecular formula is C13H15N3O3. The van der Waals surface area contributed by atoms with Gasteiger partial charge >= 0.3 is 11.2 Å². The van der Waals surface area contributed by atoms with Crippen LogP contribution in [0.15, 0.2) is 29.1 Å². The summed E-state index contributed by atoms with van der Waals surface area (Å²) in [6, 6.07) is 7.15. The van der Waals surface area contributed by atoms with E-state index < -0.39 is 16.2 Å². The average molecular weight is 261 g/mol. The lowest BCUT2D eigenvalue weighted by molar-refractivity contribution is -0.385. The Labute approximate surface area is 109 Å². The quantitative estimate of drug-likeness (QED) is 0.676. The lowest BCUT2D eigenvalue weighted by Crippen LogP contribution is -2.22. The molecule has 6 nitrogen and oxygen atoms in total. The molecule has 0 aliphatic heterocycles. The Balaban J connectivity index is 2.86. The summed E-state index contributed by atoms with van der Waals surface area (Å²) in [6.07, 6.45) is 0.820. The van der Waals surface area contributed by atoms with E-state index in [4.69, 9.17) is 0 Å². The minimum Gasteiger partial charge on any atom is -0.379 e. The summed E-state index contributed by atoms with van der Waals surface area (Å²) in [4.78, 5) is 22.6. The number of para-hydroxylation sites is 1. The van der Waals surface area contributed by atoms with E-state index in [2.05, 4.69) is 5.32 Å². The van der Waals surface area contributed by atoms with Crippen molar-refractivity contribution in [2.45, 2.75) is 13.3 Å². The number of anilines is 1. The molecule has 0 radical (unpaired) electrons. The molecule has 0 saturated carbocycles. The molecular weight excluding hydrogens is 246 g/mol. The van der Waals surface area contributed by atoms with Gasteiger partial charge in [-0.25, -0.2) is 0 Å². The van der Waals surface area contributed by atoms with Crippen molar-refractivity contribution < 1.29 is 4.92 Å². The standard InChI is InChI=1S/C13H15N3O3/c1-3-8-14-11-9-6-4-5-7-10(9)15(2)13(17)12(11)16(18)19/h4-7,14H,3,8H2,1-2H3. The molecule has 0 atom stereocenters. The molecule has 2 rings (SSSR count). The first-order valence-electron chi connectivity index (χ1n) is 6.08. The van der Waals surface area contributed by atoms with Crippen molar-refractivity contribution in [1.82, 2.24) is 4.57 Å². The summed E-state index contributed by atoms with van der Waals surface area (Å²) in [7, 11) is 1.54. The molecule has 2 aromatic rings. The number of nitro groups is 1. The highest BCUT2D eigenvalue weighted by Crippen LogP contribution is 2.29. The van der Waals surface area contributed by atoms with E-state index in [0.29, 0.717) is 23.1 Å². The number of aryl methyl sites for hydroxylation is 1. The second kappa shape index (κ2) is 5.09. The van der Waals surface area contributed by atoms with Gasteiger partial charge in [-0.2, -0.15) is 0 Å². The first kappa shape index (κ1) is 13.1. The SMILES string of the molecule is CCCNc1c([N+](=O)[O-])c(=O)n(C)c2ccccc12. The first-order chi connectivity index (χ1) is 9.07. The second-order valence-electron chi connectivity index (χ2n) is 4.29. The summed E-state index contributed by atoms with van der Waals surface area (Å²) in [5.74, 6) is 0. The fourth-order valence-electron chi connectivity index (χ4n) is 2.08. The maximum Gasteiger partial charge on any atom is 0.357 e. The number of fused-ring (bicyclic) bond motifs is 1. The summed E-state index contributed by atoms with van der Waals surface area (Å²) in [6.45, 7) is 2.54. The third-order valence-electron chi connectivity index (χ3n) is 3.01. The molecule has 100 valence electrons. The molecule has 1 aromatic heterocycles. The summed E-state index contributed by atoms with van der Waals surface area (Å²) < 4.78 is 1.31. The van der Waals surface area contributed by atoms with Gasteiger partial charge in [0.05, 0.1) is 10.4 Å². The lowest BCUT2D eigenvalue weighted by atomic mass is 10.1. The van der Waals surface area contributed by atoms with Crippen molar-refractivity contribution in [1.29, 1.82) is 0 Å². The van der Waals surface area contributed by atoms with Crippen molar-refractivity contribution in [2.75, 3.05) is 11.9 Å². The number of rotatable bonds is 4. The molecule has 0 aliphatic rings. The Bertz CT molecular complexity index is 691. The smallest absolute Gasteiger partial charge is 0.357 e. The van der Waals surface area contributed by atoms with Crippen LogP contribution in [0.2, 0.25) is 0 Å². The third kappa shape index (κ3) is 2.16. The molecule has 0 aliphatic carbocycles. The van der Waals surface area contributed by atoms with Gasteiger partial charge in [-0.15, -0.1) is 0 Å². The average Bonchev–Trinajstić information content (AvgIpc) is 2.40. The van der Waals surface area contributed by atoms with E-state index in [9.17, 15) is 14.9 Å². The number of aromatic nitrogens is 1. The van der Waals surface area contributed by atoms with Gasteiger partial charge in [0.2, 0.25) is 0 Å². The summed E-state index contributed by atoms with van der Waals surface area (Å²) in [5.41, 5.74) is -0.000735. The van der Waals surface area contributed by atoms with Crippen molar-refractivity contribution in [2.24, 2.45) is 7.05 Å². The van der Waals surface area contributed by atoms with Crippen LogP contribution in [0, 0.1) is 10.1 Å². The van der Waals surface area contributed by atoms with Crippen LogP contribution in [-0.2, 0) is 7.05 Å². The van der Waals surface area contributed by atoms with Gasteiger partial charge in [0.15, 0.2) is 0 Å². The van der Waals surface area contributed by atoms with Gasteiger partial charge in [-0.3, -0.25) is 14.9 Å². The molecule has 1 aromatic carbocycles. The van der Waals surface area contributed by atoms with Gasteiger partial charge < -0.3 is 9.88 Å². The second-order valence-corrected chi connectivity index (χ2v) is 4.29. The van der Waals surface area contributed by atoms with Crippen LogP contribution in [0.4, 0.5) is 11.4 Å². The molecule has 0 spiro atoms. The summed E-state index contributed by atoms with van der Waals surface area (Å²) in [5, 5.41) is 14.8. The molecule has 0 amide bonds. The number of hydrogen-bond acceptors (Lipinski definition) is 4. The maximum absolute atomic E-state index is 12.1. The van der Waals surface area contributed by atoms with E-state index in [0.717, 1.165) is 6.42 Å². The third-order valence-corrected chi connectivity index (χ3v) is 3.01. The molecule has 1 N–H and O–H groups in total. The Morgan fingerprint density at radius 2 is 2.05 bits per heavy atom. The summed E-state index contributed by atoms with van der Waals surface area (Å²) >= 11 is 0. The molecule has 0 saturated heterocycles. The molecule has 0 fully saturated rings. The number of nitrogens with one attached hydrogen (secondary N) is 1. The van der Waals surface area contributed by atoms with Crippen LogP contribution < -0.4 is 10.9 Å². The van der Waals surface area contributed by atoms with Gasteiger partial charge in [0, 0.05) is 19.0 Å². The van der Waals surface area contributed by atoms with Gasteiger partial charge in [0.1, 0.15) is 5.69 Å². The van der Waals surface area contributed by atoms with Crippen molar-refractivity contribution in [3.8, 4) is 0 Å². The van der Waals surface area contributed by atoms with Gasteiger partial charge in [0.25, 0.3) is 0 Å². The lowest BCUT2D eigenvalue weighted by Gasteiger charge is -2.12. The normalized spacial score (nSPS) is 10.6. The topological polar surface area (TPSA) is 77.2 Å². The highest BCUT2D eigenvalue weighted by molar-refractivity contribution is 5.96. The highest BCUT2D eigenvalue weighted by Gasteiger charge is 2.24. The fourth-order valence-corrected chi connectivity index (χ4v) is 2.08. The van der Waals surface area contributed by atoms with Gasteiger partial charge in [-0.05, 0) is 12.5 Å². The van der Waals surface area contributed by atoms with Crippen LogP contribution >= 0.6 is 0 Å².